The smallest absolute Gasteiger partial charge is 0.276 e. The van der Waals surface area contributed by atoms with E-state index >= 15 is 0 Å². The van der Waals surface area contributed by atoms with E-state index in [9.17, 15) is 4.79 Å². The van der Waals surface area contributed by atoms with Gasteiger partial charge in [-0.15, -0.1) is 11.3 Å². The van der Waals surface area contributed by atoms with Crippen LogP contribution in [0.2, 0.25) is 0 Å². The Hall–Kier alpha value is -3.90. The Morgan fingerprint density at radius 3 is 2.89 bits per heavy atom. The molecule has 0 unspecified atom stereocenters. The maximum absolute atomic E-state index is 12.6. The normalized spacial score (nSPS) is 10.3. The Morgan fingerprint density at radius 2 is 2.07 bits per heavy atom. The van der Waals surface area contributed by atoms with Gasteiger partial charge in [0.25, 0.3) is 5.91 Å². The van der Waals surface area contributed by atoms with E-state index in [0.29, 0.717) is 33.7 Å². The summed E-state index contributed by atoms with van der Waals surface area (Å²) in [5.74, 6) is 0.246. The second kappa shape index (κ2) is 7.15. The molecule has 27 heavy (non-hydrogen) atoms. The van der Waals surface area contributed by atoms with Gasteiger partial charge in [0.05, 0.1) is 11.9 Å². The number of aromatic nitrogens is 5. The first-order valence-electron chi connectivity index (χ1n) is 7.83. The standard InChI is InChI=1S/C18H11N7OS/c19-8-12-4-3-5-13(22-12)14-10-27-18(23-14)24-17(26)15-9-20-11-25(15)16-6-1-2-7-21-16/h1-7,9-11H,(H,23,24,26). The summed E-state index contributed by atoms with van der Waals surface area (Å²) in [5.41, 5.74) is 1.82. The number of anilines is 1. The number of amides is 1. The Kier molecular flexibility index (Phi) is 4.38. The van der Waals surface area contributed by atoms with Crippen LogP contribution in [0.1, 0.15) is 16.2 Å². The van der Waals surface area contributed by atoms with Gasteiger partial charge in [0.2, 0.25) is 0 Å². The number of thiazole rings is 1. The van der Waals surface area contributed by atoms with Gasteiger partial charge >= 0.3 is 0 Å². The van der Waals surface area contributed by atoms with Crippen molar-refractivity contribution in [3.8, 4) is 23.3 Å². The number of imidazole rings is 1. The van der Waals surface area contributed by atoms with Crippen molar-refractivity contribution in [2.24, 2.45) is 0 Å². The largest absolute Gasteiger partial charge is 0.296 e. The molecule has 0 fully saturated rings. The van der Waals surface area contributed by atoms with Crippen molar-refractivity contribution >= 4 is 22.4 Å². The third-order valence-electron chi connectivity index (χ3n) is 3.62. The number of nitrogens with zero attached hydrogens (tertiary/aromatic N) is 6. The molecule has 0 bridgehead atoms. The zero-order chi connectivity index (χ0) is 18.6. The minimum Gasteiger partial charge on any atom is -0.296 e. The van der Waals surface area contributed by atoms with E-state index in [2.05, 4.69) is 25.3 Å². The van der Waals surface area contributed by atoms with Gasteiger partial charge in [0, 0.05) is 11.6 Å². The maximum atomic E-state index is 12.6. The monoisotopic (exact) mass is 373 g/mol. The van der Waals surface area contributed by atoms with Crippen LogP contribution in [0.4, 0.5) is 5.13 Å². The van der Waals surface area contributed by atoms with Crippen molar-refractivity contribution < 1.29 is 4.79 Å². The number of nitrogens with one attached hydrogen (secondary N) is 1. The number of carbonyl (C=O) groups is 1. The van der Waals surface area contributed by atoms with Gasteiger partial charge in [0.1, 0.15) is 35.3 Å². The lowest BCUT2D eigenvalue weighted by Crippen LogP contribution is -2.16. The SMILES string of the molecule is N#Cc1cccc(-c2csc(NC(=O)c3cncn3-c3ccccn3)n2)n1. The van der Waals surface area contributed by atoms with Crippen LogP contribution in [0, 0.1) is 11.3 Å². The summed E-state index contributed by atoms with van der Waals surface area (Å²) in [6, 6.07) is 12.5. The Bertz CT molecular complexity index is 1140. The van der Waals surface area contributed by atoms with Crippen LogP contribution >= 0.6 is 11.3 Å². The molecule has 0 saturated carbocycles. The second-order valence-electron chi connectivity index (χ2n) is 5.35. The highest BCUT2D eigenvalue weighted by Gasteiger charge is 2.16. The molecule has 0 saturated heterocycles. The first-order chi connectivity index (χ1) is 13.2. The topological polar surface area (TPSA) is 109 Å². The molecule has 4 heterocycles. The molecular weight excluding hydrogens is 362 g/mol. The van der Waals surface area contributed by atoms with Gasteiger partial charge in [-0.05, 0) is 24.3 Å². The quantitative estimate of drug-likeness (QED) is 0.589. The van der Waals surface area contributed by atoms with Gasteiger partial charge < -0.3 is 0 Å². The highest BCUT2D eigenvalue weighted by atomic mass is 32.1. The van der Waals surface area contributed by atoms with Gasteiger partial charge in [0.15, 0.2) is 5.13 Å². The van der Waals surface area contributed by atoms with E-state index in [4.69, 9.17) is 5.26 Å². The molecule has 9 heteroatoms. The zero-order valence-corrected chi connectivity index (χ0v) is 14.6. The van der Waals surface area contributed by atoms with Gasteiger partial charge in [-0.25, -0.2) is 19.9 Å². The van der Waals surface area contributed by atoms with Crippen LogP contribution in [0.5, 0.6) is 0 Å². The summed E-state index contributed by atoms with van der Waals surface area (Å²) in [6.07, 6.45) is 4.64. The van der Waals surface area contributed by atoms with Crippen molar-refractivity contribution in [3.05, 3.63) is 71.9 Å². The Morgan fingerprint density at radius 1 is 1.15 bits per heavy atom. The molecule has 1 amide bonds. The number of pyridine rings is 2. The molecule has 0 aliphatic heterocycles. The third-order valence-corrected chi connectivity index (χ3v) is 4.38. The van der Waals surface area contributed by atoms with E-state index in [0.717, 1.165) is 0 Å². The van der Waals surface area contributed by atoms with Crippen LogP contribution in [0.3, 0.4) is 0 Å². The first kappa shape index (κ1) is 16.6. The molecule has 8 nitrogen and oxygen atoms in total. The van der Waals surface area contributed by atoms with E-state index in [-0.39, 0.29) is 5.91 Å². The molecule has 0 radical (unpaired) electrons. The minimum absolute atomic E-state index is 0.311. The Labute approximate surface area is 157 Å². The molecule has 4 aromatic rings. The number of rotatable bonds is 4. The molecular formula is C18H11N7OS. The van der Waals surface area contributed by atoms with Crippen LogP contribution in [-0.2, 0) is 0 Å². The zero-order valence-electron chi connectivity index (χ0n) is 13.8. The average molecular weight is 373 g/mol. The van der Waals surface area contributed by atoms with Gasteiger partial charge in [-0.3, -0.25) is 14.7 Å². The molecule has 1 N–H and O–H groups in total. The van der Waals surface area contributed by atoms with Crippen LogP contribution in [0.15, 0.2) is 60.5 Å². The van der Waals surface area contributed by atoms with Crippen LogP contribution < -0.4 is 5.32 Å². The van der Waals surface area contributed by atoms with E-state index in [1.54, 1.807) is 46.5 Å². The molecule has 0 aliphatic rings. The predicted octanol–water partition coefficient (Wildman–Crippen LogP) is 2.91. The summed E-state index contributed by atoms with van der Waals surface area (Å²) >= 11 is 1.27. The number of nitriles is 1. The molecule has 4 rings (SSSR count). The van der Waals surface area contributed by atoms with Crippen molar-refractivity contribution in [1.82, 2.24) is 24.5 Å². The number of hydrogen-bond acceptors (Lipinski definition) is 7. The lowest BCUT2D eigenvalue weighted by Gasteiger charge is -2.06. The summed E-state index contributed by atoms with van der Waals surface area (Å²) in [6.45, 7) is 0. The van der Waals surface area contributed by atoms with E-state index in [1.165, 1.54) is 23.9 Å². The molecule has 4 aromatic heterocycles. The average Bonchev–Trinajstić information content (AvgIpc) is 3.38. The summed E-state index contributed by atoms with van der Waals surface area (Å²) in [5, 5.41) is 13.9. The van der Waals surface area contributed by atoms with Crippen molar-refractivity contribution in [3.63, 3.8) is 0 Å². The van der Waals surface area contributed by atoms with Crippen LogP contribution in [0.25, 0.3) is 17.2 Å². The minimum atomic E-state index is -0.349. The summed E-state index contributed by atoms with van der Waals surface area (Å²) in [4.78, 5) is 29.5. The fourth-order valence-corrected chi connectivity index (χ4v) is 3.09. The summed E-state index contributed by atoms with van der Waals surface area (Å²) < 4.78 is 1.60. The van der Waals surface area contributed by atoms with Gasteiger partial charge in [-0.2, -0.15) is 5.26 Å². The molecule has 0 aromatic carbocycles. The number of hydrogen-bond donors (Lipinski definition) is 1. The number of carbonyl (C=O) groups excluding carboxylic acids is 1. The van der Waals surface area contributed by atoms with E-state index < -0.39 is 0 Å². The van der Waals surface area contributed by atoms with Gasteiger partial charge in [-0.1, -0.05) is 12.1 Å². The molecule has 130 valence electrons. The molecule has 0 spiro atoms. The first-order valence-corrected chi connectivity index (χ1v) is 8.71. The maximum Gasteiger partial charge on any atom is 0.276 e. The predicted molar refractivity (Wildman–Crippen MR) is 99.4 cm³/mol. The highest BCUT2D eigenvalue weighted by Crippen LogP contribution is 2.24. The fraction of sp³-hybridized carbons (Fsp3) is 0. The molecule has 0 aliphatic carbocycles. The Balaban J connectivity index is 1.56. The molecule has 0 atom stereocenters. The highest BCUT2D eigenvalue weighted by molar-refractivity contribution is 7.14. The van der Waals surface area contributed by atoms with Crippen molar-refractivity contribution in [1.29, 1.82) is 5.26 Å². The van der Waals surface area contributed by atoms with Crippen molar-refractivity contribution in [2.75, 3.05) is 5.32 Å². The van der Waals surface area contributed by atoms with Crippen LogP contribution in [-0.4, -0.2) is 30.4 Å². The second-order valence-corrected chi connectivity index (χ2v) is 6.21. The lowest BCUT2D eigenvalue weighted by atomic mass is 10.2. The van der Waals surface area contributed by atoms with Crippen molar-refractivity contribution in [2.45, 2.75) is 0 Å². The van der Waals surface area contributed by atoms with E-state index in [1.807, 2.05) is 12.1 Å². The summed E-state index contributed by atoms with van der Waals surface area (Å²) in [7, 11) is 0. The third kappa shape index (κ3) is 3.42. The lowest BCUT2D eigenvalue weighted by molar-refractivity contribution is 0.102. The fourth-order valence-electron chi connectivity index (χ4n) is 2.39.